The van der Waals surface area contributed by atoms with Gasteiger partial charge in [0.1, 0.15) is 18.2 Å². The average molecular weight is 440 g/mol. The molecule has 10 heteroatoms. The summed E-state index contributed by atoms with van der Waals surface area (Å²) in [5, 5.41) is 12.3. The van der Waals surface area contributed by atoms with Gasteiger partial charge in [-0.15, -0.1) is 5.10 Å². The molecule has 3 heterocycles. The van der Waals surface area contributed by atoms with Crippen LogP contribution in [0.1, 0.15) is 47.1 Å². The van der Waals surface area contributed by atoms with Gasteiger partial charge in [0, 0.05) is 30.6 Å². The quantitative estimate of drug-likeness (QED) is 0.657. The average Bonchev–Trinajstić information content (AvgIpc) is 3.38. The number of anilines is 1. The number of hydrogen-bond donors (Lipinski definition) is 1. The monoisotopic (exact) mass is 439 g/mol. The molecule has 1 atom stereocenters. The van der Waals surface area contributed by atoms with Crippen molar-refractivity contribution in [1.82, 2.24) is 29.9 Å². The molecule has 1 fully saturated rings. The molecule has 9 nitrogen and oxygen atoms in total. The highest BCUT2D eigenvalue weighted by molar-refractivity contribution is 6.30. The fourth-order valence-electron chi connectivity index (χ4n) is 3.77. The molecule has 0 bridgehead atoms. The van der Waals surface area contributed by atoms with Crippen LogP contribution in [0, 0.1) is 0 Å². The van der Waals surface area contributed by atoms with E-state index < -0.39 is 11.9 Å². The lowest BCUT2D eigenvalue weighted by atomic mass is 10.2. The van der Waals surface area contributed by atoms with Crippen LogP contribution in [0.15, 0.2) is 36.7 Å². The maximum Gasteiger partial charge on any atom is 0.291 e. The van der Waals surface area contributed by atoms with Crippen molar-refractivity contribution in [2.75, 3.05) is 11.9 Å². The van der Waals surface area contributed by atoms with E-state index in [0.717, 1.165) is 29.9 Å². The summed E-state index contributed by atoms with van der Waals surface area (Å²) in [6, 6.07) is 8.71. The molecule has 0 radical (unpaired) electrons. The van der Waals surface area contributed by atoms with E-state index in [1.165, 1.54) is 6.33 Å². The SMILES string of the molecule is CN1C(=O)[C@H](NC(=O)c2ncn(Cc3ccc(Cl)cc3)n2)CCn2nc(C3CC3)cc21. The Morgan fingerprint density at radius 2 is 1.97 bits per heavy atom. The third-order valence-corrected chi connectivity index (χ3v) is 5.93. The Hall–Kier alpha value is -3.20. The van der Waals surface area contributed by atoms with E-state index >= 15 is 0 Å². The van der Waals surface area contributed by atoms with Gasteiger partial charge >= 0.3 is 0 Å². The van der Waals surface area contributed by atoms with Crippen molar-refractivity contribution >= 4 is 29.2 Å². The highest BCUT2D eigenvalue weighted by Gasteiger charge is 2.34. The summed E-state index contributed by atoms with van der Waals surface area (Å²) in [6.07, 6.45) is 4.27. The normalized spacial score (nSPS) is 18.6. The van der Waals surface area contributed by atoms with Crippen LogP contribution in [0.4, 0.5) is 5.82 Å². The summed E-state index contributed by atoms with van der Waals surface area (Å²) in [5.41, 5.74) is 2.04. The van der Waals surface area contributed by atoms with Gasteiger partial charge in [0.25, 0.3) is 11.8 Å². The molecule has 1 aromatic carbocycles. The summed E-state index contributed by atoms with van der Waals surface area (Å²) < 4.78 is 3.44. The van der Waals surface area contributed by atoms with Crippen LogP contribution in [0.5, 0.6) is 0 Å². The van der Waals surface area contributed by atoms with Crippen molar-refractivity contribution in [1.29, 1.82) is 0 Å². The zero-order valence-corrected chi connectivity index (χ0v) is 17.8. The Kier molecular flexibility index (Phi) is 4.97. The Bertz CT molecular complexity index is 1130. The Balaban J connectivity index is 1.25. The molecule has 2 aliphatic rings. The topological polar surface area (TPSA) is 97.9 Å². The van der Waals surface area contributed by atoms with Gasteiger partial charge in [-0.05, 0) is 37.0 Å². The number of aryl methyl sites for hydroxylation is 1. The van der Waals surface area contributed by atoms with Crippen molar-refractivity contribution in [2.45, 2.75) is 44.3 Å². The first kappa shape index (κ1) is 19.7. The minimum Gasteiger partial charge on any atom is -0.337 e. The van der Waals surface area contributed by atoms with E-state index in [1.54, 1.807) is 28.8 Å². The van der Waals surface area contributed by atoms with Gasteiger partial charge in [-0.1, -0.05) is 23.7 Å². The van der Waals surface area contributed by atoms with Gasteiger partial charge in [0.2, 0.25) is 5.82 Å². The minimum atomic E-state index is -0.660. The number of likely N-dealkylation sites (N-methyl/N-ethyl adjacent to an activating group) is 1. The summed E-state index contributed by atoms with van der Waals surface area (Å²) in [6.45, 7) is 1.02. The molecular formula is C21H22ClN7O2. The van der Waals surface area contributed by atoms with Crippen LogP contribution in [0.25, 0.3) is 0 Å². The number of carbonyl (C=O) groups is 2. The molecule has 31 heavy (non-hydrogen) atoms. The fourth-order valence-corrected chi connectivity index (χ4v) is 3.90. The van der Waals surface area contributed by atoms with Gasteiger partial charge in [-0.3, -0.25) is 14.5 Å². The van der Waals surface area contributed by atoms with Gasteiger partial charge < -0.3 is 5.32 Å². The predicted molar refractivity (Wildman–Crippen MR) is 114 cm³/mol. The van der Waals surface area contributed by atoms with Gasteiger partial charge in [-0.25, -0.2) is 14.3 Å². The Morgan fingerprint density at radius 1 is 1.19 bits per heavy atom. The maximum atomic E-state index is 13.0. The molecule has 2 aromatic heterocycles. The zero-order valence-electron chi connectivity index (χ0n) is 17.0. The molecule has 5 rings (SSSR count). The van der Waals surface area contributed by atoms with E-state index in [2.05, 4.69) is 20.5 Å². The first-order valence-electron chi connectivity index (χ1n) is 10.3. The summed E-state index contributed by atoms with van der Waals surface area (Å²) >= 11 is 5.91. The van der Waals surface area contributed by atoms with Crippen molar-refractivity contribution in [3.63, 3.8) is 0 Å². The molecule has 3 aromatic rings. The molecule has 0 unspecified atom stereocenters. The summed E-state index contributed by atoms with van der Waals surface area (Å²) in [5.74, 6) is 0.679. The van der Waals surface area contributed by atoms with Crippen LogP contribution < -0.4 is 10.2 Å². The number of benzene rings is 1. The van der Waals surface area contributed by atoms with E-state index in [1.807, 2.05) is 22.9 Å². The van der Waals surface area contributed by atoms with Crippen LogP contribution in [0.3, 0.4) is 0 Å². The number of fused-ring (bicyclic) bond motifs is 1. The van der Waals surface area contributed by atoms with Crippen LogP contribution >= 0.6 is 11.6 Å². The van der Waals surface area contributed by atoms with Crippen LogP contribution in [0.2, 0.25) is 5.02 Å². The third-order valence-electron chi connectivity index (χ3n) is 5.68. The van der Waals surface area contributed by atoms with E-state index in [4.69, 9.17) is 11.6 Å². The van der Waals surface area contributed by atoms with Gasteiger partial charge in [-0.2, -0.15) is 5.10 Å². The maximum absolute atomic E-state index is 13.0. The molecule has 1 aliphatic carbocycles. The molecule has 1 N–H and O–H groups in total. The highest BCUT2D eigenvalue weighted by Crippen LogP contribution is 2.40. The van der Waals surface area contributed by atoms with E-state index in [-0.39, 0.29) is 11.7 Å². The first-order chi connectivity index (χ1) is 15.0. The van der Waals surface area contributed by atoms with Crippen molar-refractivity contribution < 1.29 is 9.59 Å². The fraction of sp³-hybridized carbons (Fsp3) is 0.381. The number of hydrogen-bond acceptors (Lipinski definition) is 5. The summed E-state index contributed by atoms with van der Waals surface area (Å²) in [7, 11) is 1.72. The molecule has 1 aliphatic heterocycles. The Labute approximate surface area is 184 Å². The van der Waals surface area contributed by atoms with Crippen molar-refractivity contribution in [3.05, 3.63) is 58.8 Å². The van der Waals surface area contributed by atoms with Gasteiger partial charge in [0.05, 0.1) is 12.2 Å². The highest BCUT2D eigenvalue weighted by atomic mass is 35.5. The van der Waals surface area contributed by atoms with Crippen molar-refractivity contribution in [3.8, 4) is 0 Å². The standard InChI is InChI=1S/C21H22ClN7O2/c1-27-18-10-17(14-4-5-14)25-29(18)9-8-16(21(27)31)24-20(30)19-23-12-28(26-19)11-13-2-6-15(22)7-3-13/h2-3,6-7,10,12,14,16H,4-5,8-9,11H2,1H3,(H,24,30)/t16-/m1/s1. The molecular weight excluding hydrogens is 418 g/mol. The second-order valence-corrected chi connectivity index (χ2v) is 8.47. The van der Waals surface area contributed by atoms with Crippen LogP contribution in [-0.2, 0) is 17.9 Å². The number of carbonyl (C=O) groups excluding carboxylic acids is 2. The second kappa shape index (κ2) is 7.81. The number of rotatable bonds is 5. The lowest BCUT2D eigenvalue weighted by Crippen LogP contribution is -2.47. The third kappa shape index (κ3) is 4.05. The number of nitrogens with one attached hydrogen (secondary N) is 1. The van der Waals surface area contributed by atoms with Gasteiger partial charge in [0.15, 0.2) is 0 Å². The van der Waals surface area contributed by atoms with E-state index in [9.17, 15) is 9.59 Å². The molecule has 0 saturated heterocycles. The number of amides is 2. The minimum absolute atomic E-state index is 0.0300. The second-order valence-electron chi connectivity index (χ2n) is 8.03. The summed E-state index contributed by atoms with van der Waals surface area (Å²) in [4.78, 5) is 31.3. The van der Waals surface area contributed by atoms with E-state index in [0.29, 0.717) is 30.5 Å². The number of halogens is 1. The molecule has 0 spiro atoms. The lowest BCUT2D eigenvalue weighted by Gasteiger charge is -2.19. The molecule has 1 saturated carbocycles. The predicted octanol–water partition coefficient (Wildman–Crippen LogP) is 2.22. The largest absolute Gasteiger partial charge is 0.337 e. The lowest BCUT2D eigenvalue weighted by molar-refractivity contribution is -0.120. The first-order valence-corrected chi connectivity index (χ1v) is 10.7. The number of nitrogens with zero attached hydrogens (tertiary/aromatic N) is 6. The zero-order chi connectivity index (χ0) is 21.5. The molecule has 2 amide bonds. The smallest absolute Gasteiger partial charge is 0.291 e. The Morgan fingerprint density at radius 3 is 2.71 bits per heavy atom. The molecule has 160 valence electrons. The van der Waals surface area contributed by atoms with Crippen molar-refractivity contribution in [2.24, 2.45) is 0 Å². The van der Waals surface area contributed by atoms with Crippen LogP contribution in [-0.4, -0.2) is 49.4 Å². The number of aromatic nitrogens is 5.